The lowest BCUT2D eigenvalue weighted by atomic mass is 9.46. The molecule has 4 aliphatic rings. The molecule has 0 saturated heterocycles. The van der Waals surface area contributed by atoms with Crippen molar-refractivity contribution in [2.75, 3.05) is 0 Å². The molecule has 4 saturated carbocycles. The third kappa shape index (κ3) is 3.42. The van der Waals surface area contributed by atoms with Crippen LogP contribution in [0.15, 0.2) is 39.5 Å². The molecule has 4 bridgehead atoms. The molecule has 3 aromatic rings. The van der Waals surface area contributed by atoms with E-state index in [1.54, 1.807) is 18.3 Å². The summed E-state index contributed by atoms with van der Waals surface area (Å²) >= 11 is 3.31. The highest BCUT2D eigenvalue weighted by atomic mass is 79.9. The van der Waals surface area contributed by atoms with Gasteiger partial charge in [0.05, 0.1) is 21.8 Å². The summed E-state index contributed by atoms with van der Waals surface area (Å²) in [6, 6.07) is 6.09. The molecule has 0 spiro atoms. The molecular weight excluding hydrogens is 508 g/mol. The Morgan fingerprint density at radius 2 is 1.79 bits per heavy atom. The van der Waals surface area contributed by atoms with E-state index in [1.807, 2.05) is 4.68 Å². The van der Waals surface area contributed by atoms with Crippen LogP contribution in [0.2, 0.25) is 0 Å². The van der Waals surface area contributed by atoms with Crippen molar-refractivity contribution in [3.8, 4) is 11.4 Å². The number of hydrogen-bond donors (Lipinski definition) is 0. The van der Waals surface area contributed by atoms with Gasteiger partial charge in [0.1, 0.15) is 4.47 Å². The highest BCUT2D eigenvalue weighted by molar-refractivity contribution is 9.10. The summed E-state index contributed by atoms with van der Waals surface area (Å²) in [5.74, 6) is 1.91. The number of hydrogen-bond acceptors (Lipinski definition) is 8. The topological polar surface area (TPSA) is 143 Å². The first kappa shape index (κ1) is 21.4. The van der Waals surface area contributed by atoms with E-state index in [2.05, 4.69) is 31.2 Å². The third-order valence-electron chi connectivity index (χ3n) is 7.79. The summed E-state index contributed by atoms with van der Waals surface area (Å²) in [6.07, 6.45) is 8.57. The zero-order valence-electron chi connectivity index (χ0n) is 18.1. The summed E-state index contributed by atoms with van der Waals surface area (Å²) in [4.78, 5) is 26.0. The SMILES string of the molecule is O=[N+]([O-])c1ccc(-c2noc(CC34CC5CC(C3)CC(n3cc(Br)c([N+](=O)[O-])n3)(C5)C4)n2)cc1. The quantitative estimate of drug-likeness (QED) is 0.319. The van der Waals surface area contributed by atoms with Crippen molar-refractivity contribution in [2.24, 2.45) is 17.3 Å². The van der Waals surface area contributed by atoms with E-state index in [0.29, 0.717) is 40.0 Å². The van der Waals surface area contributed by atoms with Crippen LogP contribution in [0.3, 0.4) is 0 Å². The molecule has 7 rings (SSSR count). The van der Waals surface area contributed by atoms with Crippen LogP contribution in [0, 0.1) is 37.5 Å². The predicted octanol–water partition coefficient (Wildman–Crippen LogP) is 5.05. The minimum Gasteiger partial charge on any atom is -0.358 e. The maximum Gasteiger partial charge on any atom is 0.404 e. The van der Waals surface area contributed by atoms with Gasteiger partial charge >= 0.3 is 5.82 Å². The molecule has 0 aliphatic heterocycles. The summed E-state index contributed by atoms with van der Waals surface area (Å²) in [5, 5.41) is 30.8. The van der Waals surface area contributed by atoms with E-state index in [1.165, 1.54) is 18.6 Å². The first-order valence-electron chi connectivity index (χ1n) is 11.2. The Labute approximate surface area is 202 Å². The summed E-state index contributed by atoms with van der Waals surface area (Å²) in [6.45, 7) is 0. The normalized spacial score (nSPS) is 29.4. The second-order valence-corrected chi connectivity index (χ2v) is 11.0. The molecule has 2 heterocycles. The number of nitrogens with zero attached hydrogens (tertiary/aromatic N) is 6. The molecule has 2 atom stereocenters. The number of aromatic nitrogens is 4. The van der Waals surface area contributed by atoms with Crippen molar-refractivity contribution >= 4 is 27.4 Å². The highest BCUT2D eigenvalue weighted by Crippen LogP contribution is 2.65. The van der Waals surface area contributed by atoms with E-state index in [9.17, 15) is 20.2 Å². The van der Waals surface area contributed by atoms with Gasteiger partial charge in [0.2, 0.25) is 11.7 Å². The molecule has 11 nitrogen and oxygen atoms in total. The first-order valence-corrected chi connectivity index (χ1v) is 12.0. The summed E-state index contributed by atoms with van der Waals surface area (Å²) in [7, 11) is 0. The Morgan fingerprint density at radius 1 is 1.09 bits per heavy atom. The monoisotopic (exact) mass is 528 g/mol. The third-order valence-corrected chi connectivity index (χ3v) is 8.35. The molecule has 4 aliphatic carbocycles. The molecule has 0 N–H and O–H groups in total. The standard InChI is InChI=1S/C22H21BrN6O5/c23-17-11-27(25-20(17)29(32)33)22-8-13-5-14(9-22)7-21(6-13,12-22)10-18-24-19(26-34-18)15-1-3-16(4-2-15)28(30)31/h1-4,11,13-14H,5-10,12H2. The number of rotatable bonds is 6. The van der Waals surface area contributed by atoms with Crippen LogP contribution < -0.4 is 0 Å². The number of non-ortho nitro benzene ring substituents is 1. The van der Waals surface area contributed by atoms with Crippen LogP contribution in [-0.4, -0.2) is 29.8 Å². The van der Waals surface area contributed by atoms with Crippen molar-refractivity contribution < 1.29 is 14.4 Å². The number of nitro groups is 2. The molecule has 4 fully saturated rings. The minimum absolute atomic E-state index is 0.0110. The maximum absolute atomic E-state index is 11.4. The van der Waals surface area contributed by atoms with Gasteiger partial charge in [-0.1, -0.05) is 5.16 Å². The summed E-state index contributed by atoms with van der Waals surface area (Å²) in [5.41, 5.74) is 0.423. The van der Waals surface area contributed by atoms with Gasteiger partial charge < -0.3 is 14.6 Å². The van der Waals surface area contributed by atoms with Gasteiger partial charge in [0.15, 0.2) is 0 Å². The predicted molar refractivity (Wildman–Crippen MR) is 122 cm³/mol. The zero-order chi connectivity index (χ0) is 23.7. The molecule has 12 heteroatoms. The lowest BCUT2D eigenvalue weighted by molar-refractivity contribution is -0.390. The smallest absolute Gasteiger partial charge is 0.358 e. The average molecular weight is 529 g/mol. The van der Waals surface area contributed by atoms with Crippen LogP contribution in [0.5, 0.6) is 0 Å². The Morgan fingerprint density at radius 3 is 2.41 bits per heavy atom. The van der Waals surface area contributed by atoms with Gasteiger partial charge in [-0.25, -0.2) is 0 Å². The molecule has 34 heavy (non-hydrogen) atoms. The highest BCUT2D eigenvalue weighted by Gasteiger charge is 2.60. The first-order chi connectivity index (χ1) is 16.2. The van der Waals surface area contributed by atoms with Crippen molar-refractivity contribution in [3.05, 3.63) is 61.1 Å². The van der Waals surface area contributed by atoms with E-state index < -0.39 is 9.85 Å². The molecule has 176 valence electrons. The van der Waals surface area contributed by atoms with Crippen LogP contribution in [0.4, 0.5) is 11.5 Å². The molecule has 0 radical (unpaired) electrons. The van der Waals surface area contributed by atoms with Gasteiger partial charge in [-0.2, -0.15) is 9.67 Å². The van der Waals surface area contributed by atoms with Crippen molar-refractivity contribution in [1.82, 2.24) is 19.9 Å². The second-order valence-electron chi connectivity index (χ2n) is 10.2. The van der Waals surface area contributed by atoms with Gasteiger partial charge in [-0.3, -0.25) is 10.1 Å². The number of nitro benzene ring substituents is 1. The lowest BCUT2D eigenvalue weighted by Crippen LogP contribution is -2.57. The molecule has 1 aromatic carbocycles. The van der Waals surface area contributed by atoms with Crippen LogP contribution in [0.1, 0.15) is 44.4 Å². The lowest BCUT2D eigenvalue weighted by Gasteiger charge is -2.61. The van der Waals surface area contributed by atoms with Crippen LogP contribution in [-0.2, 0) is 12.0 Å². The van der Waals surface area contributed by atoms with Crippen molar-refractivity contribution in [3.63, 3.8) is 0 Å². The fraction of sp³-hybridized carbons (Fsp3) is 0.500. The molecule has 2 aromatic heterocycles. The molecule has 0 amide bonds. The Kier molecular flexibility index (Phi) is 4.67. The second kappa shape index (κ2) is 7.42. The van der Waals surface area contributed by atoms with E-state index in [-0.39, 0.29) is 22.5 Å². The Balaban J connectivity index is 1.28. The van der Waals surface area contributed by atoms with E-state index in [0.717, 1.165) is 32.1 Å². The van der Waals surface area contributed by atoms with Crippen molar-refractivity contribution in [1.29, 1.82) is 0 Å². The molecular formula is C22H21BrN6O5. The van der Waals surface area contributed by atoms with Gasteiger partial charge in [-0.05, 0) is 88.8 Å². The van der Waals surface area contributed by atoms with Crippen molar-refractivity contribution in [2.45, 2.75) is 50.5 Å². The van der Waals surface area contributed by atoms with E-state index in [4.69, 9.17) is 4.52 Å². The average Bonchev–Trinajstić information content (AvgIpc) is 3.39. The van der Waals surface area contributed by atoms with Crippen LogP contribution in [0.25, 0.3) is 11.4 Å². The Bertz CT molecular complexity index is 1290. The van der Waals surface area contributed by atoms with Gasteiger partial charge in [0.25, 0.3) is 5.69 Å². The van der Waals surface area contributed by atoms with Gasteiger partial charge in [0, 0.05) is 24.1 Å². The number of halogens is 1. The fourth-order valence-electron chi connectivity index (χ4n) is 7.08. The van der Waals surface area contributed by atoms with Crippen LogP contribution >= 0.6 is 15.9 Å². The maximum atomic E-state index is 11.4. The minimum atomic E-state index is -0.449. The largest absolute Gasteiger partial charge is 0.404 e. The zero-order valence-corrected chi connectivity index (χ0v) is 19.7. The number of benzene rings is 1. The van der Waals surface area contributed by atoms with E-state index >= 15 is 0 Å². The fourth-order valence-corrected chi connectivity index (χ4v) is 7.50. The Hall–Kier alpha value is -3.15. The van der Waals surface area contributed by atoms with Gasteiger partial charge in [-0.15, -0.1) is 0 Å². The summed E-state index contributed by atoms with van der Waals surface area (Å²) < 4.78 is 7.87. The molecule has 2 unspecified atom stereocenters.